The van der Waals surface area contributed by atoms with Crippen LogP contribution in [-0.2, 0) is 23.9 Å². The Morgan fingerprint density at radius 2 is 1.62 bits per heavy atom. The van der Waals surface area contributed by atoms with Crippen LogP contribution in [0, 0.1) is 5.92 Å². The van der Waals surface area contributed by atoms with Gasteiger partial charge in [0.1, 0.15) is 6.54 Å². The van der Waals surface area contributed by atoms with Gasteiger partial charge in [0.2, 0.25) is 17.7 Å². The first-order valence-corrected chi connectivity index (χ1v) is 15.1. The molecule has 11 heteroatoms. The van der Waals surface area contributed by atoms with Crippen LogP contribution in [0.2, 0.25) is 10.0 Å². The van der Waals surface area contributed by atoms with E-state index >= 15 is 0 Å². The zero-order valence-electron chi connectivity index (χ0n) is 24.4. The third-order valence-corrected chi connectivity index (χ3v) is 7.69. The lowest BCUT2D eigenvalue weighted by molar-refractivity contribution is -0.144. The summed E-state index contributed by atoms with van der Waals surface area (Å²) in [7, 11) is 0. The molecule has 0 aromatic heterocycles. The molecule has 0 radical (unpaired) electrons. The molecule has 3 amide bonds. The topological polar surface area (TPSA) is 117 Å². The number of rotatable bonds is 14. The van der Waals surface area contributed by atoms with Gasteiger partial charge < -0.3 is 25.6 Å². The molecule has 0 saturated carbocycles. The largest absolute Gasteiger partial charge is 0.464 e. The molecule has 2 aromatic carbocycles. The van der Waals surface area contributed by atoms with E-state index < -0.39 is 17.8 Å². The van der Waals surface area contributed by atoms with Gasteiger partial charge in [-0.15, -0.1) is 0 Å². The van der Waals surface area contributed by atoms with E-state index in [0.717, 1.165) is 37.1 Å². The van der Waals surface area contributed by atoms with E-state index in [-0.39, 0.29) is 49.8 Å². The van der Waals surface area contributed by atoms with Crippen LogP contribution in [0.15, 0.2) is 42.5 Å². The molecule has 2 atom stereocenters. The number of carbonyl (C=O) groups is 4. The van der Waals surface area contributed by atoms with Gasteiger partial charge in [-0.2, -0.15) is 0 Å². The number of benzene rings is 2. The molecule has 42 heavy (non-hydrogen) atoms. The summed E-state index contributed by atoms with van der Waals surface area (Å²) in [6.45, 7) is 8.28. The minimum Gasteiger partial charge on any atom is -0.464 e. The van der Waals surface area contributed by atoms with Crippen molar-refractivity contribution in [3.05, 3.63) is 63.6 Å². The highest BCUT2D eigenvalue weighted by atomic mass is 35.5. The molecule has 1 aliphatic heterocycles. The summed E-state index contributed by atoms with van der Waals surface area (Å²) < 4.78 is 5.03. The van der Waals surface area contributed by atoms with Gasteiger partial charge in [0.25, 0.3) is 0 Å². The number of nitrogens with zero attached hydrogens (tertiary/aromatic N) is 1. The van der Waals surface area contributed by atoms with Gasteiger partial charge in [-0.25, -0.2) is 0 Å². The molecule has 0 spiro atoms. The smallest absolute Gasteiger partial charge is 0.325 e. The zero-order chi connectivity index (χ0) is 30.6. The Hall–Kier alpha value is -3.14. The van der Waals surface area contributed by atoms with E-state index in [1.807, 2.05) is 39.0 Å². The van der Waals surface area contributed by atoms with E-state index in [9.17, 15) is 19.2 Å². The van der Waals surface area contributed by atoms with Crippen molar-refractivity contribution in [2.24, 2.45) is 5.92 Å². The van der Waals surface area contributed by atoms with Crippen molar-refractivity contribution < 1.29 is 23.9 Å². The van der Waals surface area contributed by atoms with Crippen molar-refractivity contribution in [1.82, 2.24) is 15.5 Å². The third kappa shape index (κ3) is 10.9. The van der Waals surface area contributed by atoms with E-state index in [4.69, 9.17) is 27.9 Å². The monoisotopic (exact) mass is 618 g/mol. The lowest BCUT2D eigenvalue weighted by Gasteiger charge is -2.27. The summed E-state index contributed by atoms with van der Waals surface area (Å²) in [4.78, 5) is 52.0. The van der Waals surface area contributed by atoms with Crippen LogP contribution in [-0.4, -0.2) is 61.4 Å². The molecule has 3 N–H and O–H groups in total. The van der Waals surface area contributed by atoms with Crippen LogP contribution in [0.3, 0.4) is 0 Å². The Balaban J connectivity index is 1.60. The van der Waals surface area contributed by atoms with Crippen molar-refractivity contribution in [3.8, 4) is 0 Å². The maximum atomic E-state index is 13.3. The Morgan fingerprint density at radius 3 is 2.31 bits per heavy atom. The summed E-state index contributed by atoms with van der Waals surface area (Å²) >= 11 is 12.2. The molecule has 228 valence electrons. The lowest BCUT2D eigenvalue weighted by Crippen LogP contribution is -2.38. The van der Waals surface area contributed by atoms with Gasteiger partial charge >= 0.3 is 5.97 Å². The highest BCUT2D eigenvalue weighted by Gasteiger charge is 2.24. The number of hydrogen-bond acceptors (Lipinski definition) is 6. The van der Waals surface area contributed by atoms with Gasteiger partial charge in [0.05, 0.1) is 28.6 Å². The first-order chi connectivity index (χ1) is 20.0. The average molecular weight is 620 g/mol. The summed E-state index contributed by atoms with van der Waals surface area (Å²) in [5.41, 5.74) is 2.18. The number of halogens is 2. The number of likely N-dealkylation sites (tertiary alicyclic amines) is 1. The summed E-state index contributed by atoms with van der Waals surface area (Å²) in [5, 5.41) is 9.33. The number of anilines is 1. The number of ether oxygens (including phenoxy) is 1. The normalized spacial score (nSPS) is 14.7. The minimum absolute atomic E-state index is 0.0494. The van der Waals surface area contributed by atoms with Crippen LogP contribution >= 0.6 is 23.2 Å². The fourth-order valence-electron chi connectivity index (χ4n) is 4.54. The minimum atomic E-state index is -0.514. The standard InChI is InChI=1S/C31H40Cl2N4O5/c1-20(2)19-42-30(40)17-34-28(38)11-12-29(39)35-24-8-6-7-23(15-24)27(18-37-13-4-5-14-37)36-31(41)21(3)22-9-10-25(32)26(33)16-22/h6-10,15-16,20-21,27H,4-5,11-14,17-19H2,1-3H3,(H,34,38)(H,35,39)(H,36,41)/t21?,27-/m1/s1. The van der Waals surface area contributed by atoms with Crippen molar-refractivity contribution in [1.29, 1.82) is 0 Å². The maximum absolute atomic E-state index is 13.3. The van der Waals surface area contributed by atoms with Crippen molar-refractivity contribution >= 4 is 52.6 Å². The molecule has 1 heterocycles. The molecular weight excluding hydrogens is 579 g/mol. The summed E-state index contributed by atoms with van der Waals surface area (Å²) in [5.74, 6) is -1.66. The predicted molar refractivity (Wildman–Crippen MR) is 165 cm³/mol. The van der Waals surface area contributed by atoms with Crippen LogP contribution in [0.4, 0.5) is 5.69 Å². The van der Waals surface area contributed by atoms with Crippen molar-refractivity contribution in [2.45, 2.75) is 58.4 Å². The van der Waals surface area contributed by atoms with Crippen LogP contribution in [0.25, 0.3) is 0 Å². The van der Waals surface area contributed by atoms with E-state index in [1.165, 1.54) is 0 Å². The number of hydrogen-bond donors (Lipinski definition) is 3. The van der Waals surface area contributed by atoms with Gasteiger partial charge in [-0.1, -0.05) is 55.2 Å². The van der Waals surface area contributed by atoms with Crippen molar-refractivity contribution in [2.75, 3.05) is 38.1 Å². The zero-order valence-corrected chi connectivity index (χ0v) is 25.9. The summed E-state index contributed by atoms with van der Waals surface area (Å²) in [6, 6.07) is 12.2. The fraction of sp³-hybridized carbons (Fsp3) is 0.484. The predicted octanol–water partition coefficient (Wildman–Crippen LogP) is 5.08. The highest BCUT2D eigenvalue weighted by Crippen LogP contribution is 2.28. The SMILES string of the molecule is CC(C)COC(=O)CNC(=O)CCC(=O)Nc1cccc([C@@H](CN2CCCC2)NC(=O)C(C)c2ccc(Cl)c(Cl)c2)c1. The lowest BCUT2D eigenvalue weighted by atomic mass is 9.98. The Bertz CT molecular complexity index is 1250. The molecule has 0 bridgehead atoms. The Morgan fingerprint density at radius 1 is 0.905 bits per heavy atom. The van der Waals surface area contributed by atoms with Crippen molar-refractivity contribution in [3.63, 3.8) is 0 Å². The molecule has 1 unspecified atom stereocenters. The molecule has 1 aliphatic rings. The Kier molecular flexibility index (Phi) is 13.1. The molecular formula is C31H40Cl2N4O5. The van der Waals surface area contributed by atoms with E-state index in [2.05, 4.69) is 20.9 Å². The molecule has 9 nitrogen and oxygen atoms in total. The second-order valence-corrected chi connectivity index (χ2v) is 11.8. The maximum Gasteiger partial charge on any atom is 0.325 e. The Labute approximate surface area is 257 Å². The number of esters is 1. The quantitative estimate of drug-likeness (QED) is 0.254. The van der Waals surface area contributed by atoms with Crippen LogP contribution in [0.5, 0.6) is 0 Å². The number of amides is 3. The van der Waals surface area contributed by atoms with Gasteiger partial charge in [-0.3, -0.25) is 19.2 Å². The number of nitrogens with one attached hydrogen (secondary N) is 3. The van der Waals surface area contributed by atoms with Crippen LogP contribution in [0.1, 0.15) is 69.5 Å². The van der Waals surface area contributed by atoms with Crippen LogP contribution < -0.4 is 16.0 Å². The second-order valence-electron chi connectivity index (χ2n) is 11.0. The van der Waals surface area contributed by atoms with Gasteiger partial charge in [0, 0.05) is 25.1 Å². The van der Waals surface area contributed by atoms with Gasteiger partial charge in [-0.05, 0) is 74.2 Å². The van der Waals surface area contributed by atoms with Gasteiger partial charge in [0.15, 0.2) is 0 Å². The molecule has 1 saturated heterocycles. The highest BCUT2D eigenvalue weighted by molar-refractivity contribution is 6.42. The first-order valence-electron chi connectivity index (χ1n) is 14.3. The fourth-order valence-corrected chi connectivity index (χ4v) is 4.85. The first kappa shape index (κ1) is 33.4. The number of carbonyl (C=O) groups excluding carboxylic acids is 4. The second kappa shape index (κ2) is 16.5. The summed E-state index contributed by atoms with van der Waals surface area (Å²) in [6.07, 6.45) is 2.11. The van der Waals surface area contributed by atoms with E-state index in [1.54, 1.807) is 24.3 Å². The average Bonchev–Trinajstić information content (AvgIpc) is 3.48. The van der Waals surface area contributed by atoms with E-state index in [0.29, 0.717) is 22.3 Å². The molecule has 1 fully saturated rings. The molecule has 2 aromatic rings. The molecule has 3 rings (SSSR count). The molecule has 0 aliphatic carbocycles. The third-order valence-electron chi connectivity index (χ3n) is 6.95.